The molecule has 0 saturated heterocycles. The van der Waals surface area contributed by atoms with Crippen molar-refractivity contribution in [1.82, 2.24) is 4.98 Å². The van der Waals surface area contributed by atoms with E-state index in [0.717, 1.165) is 10.6 Å². The van der Waals surface area contributed by atoms with Crippen molar-refractivity contribution in [2.45, 2.75) is 27.2 Å². The number of amides is 1. The van der Waals surface area contributed by atoms with Crippen LogP contribution >= 0.6 is 11.3 Å². The molecule has 0 aliphatic rings. The van der Waals surface area contributed by atoms with E-state index in [1.165, 1.54) is 23.5 Å². The summed E-state index contributed by atoms with van der Waals surface area (Å²) in [6.45, 7) is 6.61. The zero-order valence-electron chi connectivity index (χ0n) is 16.6. The van der Waals surface area contributed by atoms with Gasteiger partial charge in [0.25, 0.3) is 5.91 Å². The first-order chi connectivity index (χ1) is 14.0. The van der Waals surface area contributed by atoms with E-state index < -0.39 is 0 Å². The van der Waals surface area contributed by atoms with Crippen molar-refractivity contribution in [3.05, 3.63) is 69.4 Å². The summed E-state index contributed by atoms with van der Waals surface area (Å²) in [5.74, 6) is 0.714. The predicted molar refractivity (Wildman–Crippen MR) is 113 cm³/mol. The molecule has 1 amide bonds. The largest absolute Gasteiger partial charge is 0.494 e. The number of nitrogens with zero attached hydrogens (tertiary/aromatic N) is 1. The lowest BCUT2D eigenvalue weighted by atomic mass is 10.1. The van der Waals surface area contributed by atoms with E-state index in [2.05, 4.69) is 10.3 Å². The van der Waals surface area contributed by atoms with Crippen molar-refractivity contribution in [2.75, 3.05) is 18.5 Å². The van der Waals surface area contributed by atoms with E-state index in [4.69, 9.17) is 9.47 Å². The van der Waals surface area contributed by atoms with Crippen LogP contribution < -0.4 is 14.8 Å². The summed E-state index contributed by atoms with van der Waals surface area (Å²) in [5, 5.41) is 3.71. The minimum Gasteiger partial charge on any atom is -0.494 e. The van der Waals surface area contributed by atoms with Gasteiger partial charge in [0.15, 0.2) is 0 Å². The van der Waals surface area contributed by atoms with Crippen molar-refractivity contribution in [1.29, 1.82) is 0 Å². The molecule has 3 rings (SSSR count). The predicted octanol–water partition coefficient (Wildman–Crippen LogP) is 5.23. The molecule has 0 saturated carbocycles. The summed E-state index contributed by atoms with van der Waals surface area (Å²) in [6.07, 6.45) is 0.545. The molecule has 0 fully saturated rings. The molecule has 7 heteroatoms. The van der Waals surface area contributed by atoms with Gasteiger partial charge in [-0.15, -0.1) is 11.3 Å². The zero-order chi connectivity index (χ0) is 20.8. The fourth-order valence-electron chi connectivity index (χ4n) is 2.84. The Kier molecular flexibility index (Phi) is 6.82. The number of rotatable bonds is 8. The topological polar surface area (TPSA) is 60.5 Å². The maximum absolute atomic E-state index is 13.1. The molecule has 0 spiro atoms. The van der Waals surface area contributed by atoms with E-state index in [1.54, 1.807) is 31.2 Å². The van der Waals surface area contributed by atoms with Gasteiger partial charge >= 0.3 is 0 Å². The Bertz CT molecular complexity index is 986. The molecule has 0 radical (unpaired) electrons. The van der Waals surface area contributed by atoms with Crippen LogP contribution in [0.15, 0.2) is 42.5 Å². The number of halogens is 1. The summed E-state index contributed by atoms with van der Waals surface area (Å²) in [5.41, 5.74) is 2.15. The number of carbonyl (C=O) groups is 1. The molecular formula is C22H23FN2O3S. The minimum absolute atomic E-state index is 0.250. The van der Waals surface area contributed by atoms with Gasteiger partial charge in [0, 0.05) is 12.5 Å². The average molecular weight is 415 g/mol. The quantitative estimate of drug-likeness (QED) is 0.548. The summed E-state index contributed by atoms with van der Waals surface area (Å²) in [4.78, 5) is 17.9. The van der Waals surface area contributed by atoms with Crippen molar-refractivity contribution < 1.29 is 18.7 Å². The van der Waals surface area contributed by atoms with E-state index in [1.807, 2.05) is 19.9 Å². The van der Waals surface area contributed by atoms with E-state index in [9.17, 15) is 9.18 Å². The van der Waals surface area contributed by atoms with E-state index >= 15 is 0 Å². The van der Waals surface area contributed by atoms with Crippen LogP contribution in [0.3, 0.4) is 0 Å². The summed E-state index contributed by atoms with van der Waals surface area (Å²) >= 11 is 1.33. The van der Waals surface area contributed by atoms with Crippen LogP contribution in [0.4, 0.5) is 10.1 Å². The third-order valence-corrected chi connectivity index (χ3v) is 5.28. The molecule has 152 valence electrons. The number of aromatic nitrogens is 1. The SMILES string of the molecule is CCOc1ccc(OCC)c(NC(=O)c2sc(Cc3ccc(F)cc3)nc2C)c1. The number of thiazole rings is 1. The van der Waals surface area contributed by atoms with Crippen LogP contribution in [0.25, 0.3) is 0 Å². The molecule has 0 unspecified atom stereocenters. The zero-order valence-corrected chi connectivity index (χ0v) is 17.4. The van der Waals surface area contributed by atoms with E-state index in [0.29, 0.717) is 47.4 Å². The Labute approximate surface area is 173 Å². The molecule has 0 atom stereocenters. The van der Waals surface area contributed by atoms with Gasteiger partial charge in [-0.25, -0.2) is 9.37 Å². The highest BCUT2D eigenvalue weighted by molar-refractivity contribution is 7.14. The molecule has 1 N–H and O–H groups in total. The second-order valence-electron chi connectivity index (χ2n) is 6.30. The van der Waals surface area contributed by atoms with Gasteiger partial charge in [0.1, 0.15) is 22.2 Å². The second kappa shape index (κ2) is 9.52. The minimum atomic E-state index is -0.275. The summed E-state index contributed by atoms with van der Waals surface area (Å²) in [7, 11) is 0. The molecular weight excluding hydrogens is 391 g/mol. The smallest absolute Gasteiger partial charge is 0.267 e. The Morgan fingerprint density at radius 2 is 1.83 bits per heavy atom. The molecule has 3 aromatic rings. The fraction of sp³-hybridized carbons (Fsp3) is 0.273. The maximum Gasteiger partial charge on any atom is 0.267 e. The van der Waals surface area contributed by atoms with Gasteiger partial charge in [0.2, 0.25) is 0 Å². The summed E-state index contributed by atoms with van der Waals surface area (Å²) in [6, 6.07) is 11.6. The number of aryl methyl sites for hydroxylation is 1. The lowest BCUT2D eigenvalue weighted by Gasteiger charge is -2.13. The third-order valence-electron chi connectivity index (χ3n) is 4.13. The van der Waals surface area contributed by atoms with Crippen LogP contribution in [0.5, 0.6) is 11.5 Å². The molecule has 0 bridgehead atoms. The highest BCUT2D eigenvalue weighted by Crippen LogP contribution is 2.31. The van der Waals surface area contributed by atoms with Crippen molar-refractivity contribution in [2.24, 2.45) is 0 Å². The number of anilines is 1. The molecule has 1 aromatic heterocycles. The molecule has 0 aliphatic heterocycles. The van der Waals surface area contributed by atoms with Gasteiger partial charge in [-0.1, -0.05) is 12.1 Å². The second-order valence-corrected chi connectivity index (χ2v) is 7.39. The van der Waals surface area contributed by atoms with E-state index in [-0.39, 0.29) is 11.7 Å². The van der Waals surface area contributed by atoms with Gasteiger partial charge < -0.3 is 14.8 Å². The maximum atomic E-state index is 13.1. The Morgan fingerprint density at radius 1 is 1.10 bits per heavy atom. The van der Waals surface area contributed by atoms with Crippen LogP contribution in [0.2, 0.25) is 0 Å². The Hall–Kier alpha value is -2.93. The summed E-state index contributed by atoms with van der Waals surface area (Å²) < 4.78 is 24.2. The average Bonchev–Trinajstić information content (AvgIpc) is 3.06. The molecule has 29 heavy (non-hydrogen) atoms. The lowest BCUT2D eigenvalue weighted by Crippen LogP contribution is -2.13. The lowest BCUT2D eigenvalue weighted by molar-refractivity contribution is 0.102. The molecule has 1 heterocycles. The van der Waals surface area contributed by atoms with Crippen molar-refractivity contribution in [3.63, 3.8) is 0 Å². The molecule has 2 aromatic carbocycles. The molecule has 0 aliphatic carbocycles. The number of hydrogen-bond donors (Lipinski definition) is 1. The standard InChI is InChI=1S/C22H23FN2O3S/c1-4-27-17-10-11-19(28-5-2)18(13-17)25-22(26)21-14(3)24-20(29-21)12-15-6-8-16(23)9-7-15/h6-11,13H,4-5,12H2,1-3H3,(H,25,26). The Morgan fingerprint density at radius 3 is 2.52 bits per heavy atom. The van der Waals surface area contributed by atoms with Gasteiger partial charge in [0.05, 0.1) is 29.6 Å². The number of ether oxygens (including phenoxy) is 2. The fourth-order valence-corrected chi connectivity index (χ4v) is 3.83. The van der Waals surface area contributed by atoms with Crippen LogP contribution in [0, 0.1) is 12.7 Å². The van der Waals surface area contributed by atoms with Crippen LogP contribution in [-0.2, 0) is 6.42 Å². The van der Waals surface area contributed by atoms with Gasteiger partial charge in [-0.05, 0) is 50.6 Å². The first-order valence-corrected chi connectivity index (χ1v) is 10.2. The van der Waals surface area contributed by atoms with Crippen molar-refractivity contribution in [3.8, 4) is 11.5 Å². The highest BCUT2D eigenvalue weighted by atomic mass is 32.1. The number of hydrogen-bond acceptors (Lipinski definition) is 5. The first-order valence-electron chi connectivity index (χ1n) is 9.41. The third kappa shape index (κ3) is 5.32. The number of carbonyl (C=O) groups excluding carboxylic acids is 1. The Balaban J connectivity index is 1.79. The number of benzene rings is 2. The highest BCUT2D eigenvalue weighted by Gasteiger charge is 2.18. The normalized spacial score (nSPS) is 10.6. The van der Waals surface area contributed by atoms with Crippen LogP contribution in [0.1, 0.15) is 39.8 Å². The van der Waals surface area contributed by atoms with Gasteiger partial charge in [-0.2, -0.15) is 0 Å². The number of nitrogens with one attached hydrogen (secondary N) is 1. The molecule has 5 nitrogen and oxygen atoms in total. The first kappa shape index (κ1) is 20.8. The van der Waals surface area contributed by atoms with Crippen molar-refractivity contribution >= 4 is 22.9 Å². The van der Waals surface area contributed by atoms with Gasteiger partial charge in [-0.3, -0.25) is 4.79 Å². The monoisotopic (exact) mass is 414 g/mol. The van der Waals surface area contributed by atoms with Crippen LogP contribution in [-0.4, -0.2) is 24.1 Å².